The molecule has 0 fully saturated rings. The molecule has 140 valence electrons. The highest BCUT2D eigenvalue weighted by Crippen LogP contribution is 2.22. The first kappa shape index (κ1) is 18.4. The smallest absolute Gasteiger partial charge is 0.346 e. The van der Waals surface area contributed by atoms with Gasteiger partial charge in [-0.15, -0.1) is 0 Å². The number of aromatic nitrogens is 2. The van der Waals surface area contributed by atoms with Crippen LogP contribution in [-0.4, -0.2) is 28.1 Å². The number of esters is 1. The fourth-order valence-corrected chi connectivity index (χ4v) is 2.97. The van der Waals surface area contributed by atoms with Crippen LogP contribution >= 0.6 is 0 Å². The van der Waals surface area contributed by atoms with Crippen LogP contribution in [0.15, 0.2) is 34.9 Å². The first-order valence-corrected chi connectivity index (χ1v) is 8.16. The monoisotopic (exact) mass is 371 g/mol. The zero-order valence-electron chi connectivity index (χ0n) is 15.1. The van der Waals surface area contributed by atoms with Crippen LogP contribution in [-0.2, 0) is 4.74 Å². The molecule has 3 aromatic rings. The molecule has 1 aromatic carbocycles. The van der Waals surface area contributed by atoms with E-state index in [2.05, 4.69) is 5.16 Å². The molecular formula is C19H18FN3O4. The molecule has 0 atom stereocenters. The second kappa shape index (κ2) is 7.06. The van der Waals surface area contributed by atoms with Crippen molar-refractivity contribution in [3.63, 3.8) is 0 Å². The molecule has 0 bridgehead atoms. The summed E-state index contributed by atoms with van der Waals surface area (Å²) >= 11 is 0. The van der Waals surface area contributed by atoms with Crippen LogP contribution < -0.4 is 5.73 Å². The van der Waals surface area contributed by atoms with Crippen molar-refractivity contribution >= 4 is 17.6 Å². The normalized spacial score (nSPS) is 10.8. The van der Waals surface area contributed by atoms with Gasteiger partial charge in [-0.3, -0.25) is 4.79 Å². The largest absolute Gasteiger partial charge is 0.453 e. The van der Waals surface area contributed by atoms with E-state index in [0.717, 1.165) is 5.69 Å². The zero-order chi connectivity index (χ0) is 19.7. The second-order valence-corrected chi connectivity index (χ2v) is 6.11. The van der Waals surface area contributed by atoms with Crippen molar-refractivity contribution < 1.29 is 23.2 Å². The standard InChI is InChI=1S/C19H18FN3O4/c1-10-7-15(12(3)23(10)14-6-4-5-13(20)8-14)16(24)9-26-19(25)17-11(2)22-27-18(17)21/h4-8H,9,21H2,1-3H3. The molecule has 0 spiro atoms. The minimum Gasteiger partial charge on any atom is -0.453 e. The number of Topliss-reactive ketones (excluding diaryl/α,β-unsaturated/α-hetero) is 1. The third-order valence-electron chi connectivity index (χ3n) is 4.23. The molecule has 0 saturated heterocycles. The molecule has 2 heterocycles. The lowest BCUT2D eigenvalue weighted by atomic mass is 10.1. The number of carbonyl (C=O) groups excluding carboxylic acids is 2. The highest BCUT2D eigenvalue weighted by atomic mass is 19.1. The summed E-state index contributed by atoms with van der Waals surface area (Å²) in [5, 5.41) is 3.57. The van der Waals surface area contributed by atoms with Crippen LogP contribution in [0, 0.1) is 26.6 Å². The van der Waals surface area contributed by atoms with Crippen LogP contribution in [0.3, 0.4) is 0 Å². The number of ketones is 1. The molecule has 8 heteroatoms. The third kappa shape index (κ3) is 3.46. The zero-order valence-corrected chi connectivity index (χ0v) is 15.1. The molecule has 7 nitrogen and oxygen atoms in total. The molecule has 2 N–H and O–H groups in total. The summed E-state index contributed by atoms with van der Waals surface area (Å²) < 4.78 is 25.1. The lowest BCUT2D eigenvalue weighted by molar-refractivity contribution is 0.0474. The Kier molecular flexibility index (Phi) is 4.81. The Labute approximate surface area is 154 Å². The SMILES string of the molecule is Cc1noc(N)c1C(=O)OCC(=O)c1cc(C)n(-c2cccc(F)c2)c1C. The van der Waals surface area contributed by atoms with Gasteiger partial charge in [0.15, 0.2) is 6.61 Å². The number of halogens is 1. The Balaban J connectivity index is 1.80. The Bertz CT molecular complexity index is 1020. The highest BCUT2D eigenvalue weighted by molar-refractivity contribution is 6.01. The molecule has 0 aliphatic rings. The van der Waals surface area contributed by atoms with E-state index in [9.17, 15) is 14.0 Å². The van der Waals surface area contributed by atoms with Crippen LogP contribution in [0.1, 0.15) is 37.8 Å². The molecule has 0 aliphatic heterocycles. The van der Waals surface area contributed by atoms with E-state index in [1.807, 2.05) is 6.92 Å². The number of benzene rings is 1. The fraction of sp³-hybridized carbons (Fsp3) is 0.211. The minimum atomic E-state index is -0.779. The van der Waals surface area contributed by atoms with E-state index in [4.69, 9.17) is 15.0 Å². The van der Waals surface area contributed by atoms with E-state index in [1.54, 1.807) is 36.6 Å². The molecule has 0 saturated carbocycles. The molecule has 0 amide bonds. The number of aryl methyl sites for hydroxylation is 2. The summed E-state index contributed by atoms with van der Waals surface area (Å²) in [6.07, 6.45) is 0. The maximum Gasteiger partial charge on any atom is 0.346 e. The summed E-state index contributed by atoms with van der Waals surface area (Å²) in [6.45, 7) is 4.64. The van der Waals surface area contributed by atoms with E-state index in [1.165, 1.54) is 12.1 Å². The predicted octanol–water partition coefficient (Wildman–Crippen LogP) is 3.15. The van der Waals surface area contributed by atoms with E-state index >= 15 is 0 Å². The van der Waals surface area contributed by atoms with Crippen molar-refractivity contribution in [2.45, 2.75) is 20.8 Å². The molecule has 0 radical (unpaired) electrons. The summed E-state index contributed by atoms with van der Waals surface area (Å²) in [5.74, 6) is -1.69. The van der Waals surface area contributed by atoms with Crippen molar-refractivity contribution in [1.29, 1.82) is 0 Å². The van der Waals surface area contributed by atoms with Gasteiger partial charge in [0, 0.05) is 22.6 Å². The Morgan fingerprint density at radius 2 is 2.00 bits per heavy atom. The minimum absolute atomic E-state index is 0.00744. The van der Waals surface area contributed by atoms with Crippen molar-refractivity contribution in [3.8, 4) is 5.69 Å². The van der Waals surface area contributed by atoms with Gasteiger partial charge in [0.25, 0.3) is 0 Å². The number of anilines is 1. The first-order valence-electron chi connectivity index (χ1n) is 8.16. The molecule has 27 heavy (non-hydrogen) atoms. The maximum atomic E-state index is 13.5. The molecular weight excluding hydrogens is 353 g/mol. The third-order valence-corrected chi connectivity index (χ3v) is 4.23. The lowest BCUT2D eigenvalue weighted by Crippen LogP contribution is -2.16. The number of nitrogens with zero attached hydrogens (tertiary/aromatic N) is 2. The van der Waals surface area contributed by atoms with Gasteiger partial charge in [-0.2, -0.15) is 0 Å². The molecule has 0 unspecified atom stereocenters. The van der Waals surface area contributed by atoms with Gasteiger partial charge in [-0.05, 0) is 45.0 Å². The van der Waals surface area contributed by atoms with Crippen molar-refractivity contribution in [2.75, 3.05) is 12.3 Å². The topological polar surface area (TPSA) is 100 Å². The average Bonchev–Trinajstić information content (AvgIpc) is 3.11. The first-order chi connectivity index (χ1) is 12.8. The van der Waals surface area contributed by atoms with Crippen LogP contribution in [0.4, 0.5) is 10.3 Å². The van der Waals surface area contributed by atoms with Crippen LogP contribution in [0.5, 0.6) is 0 Å². The van der Waals surface area contributed by atoms with Gasteiger partial charge in [0.2, 0.25) is 11.7 Å². The number of hydrogen-bond donors (Lipinski definition) is 1. The summed E-state index contributed by atoms with van der Waals surface area (Å²) in [5.41, 5.74) is 8.20. The van der Waals surface area contributed by atoms with Gasteiger partial charge in [0.05, 0.1) is 5.69 Å². The van der Waals surface area contributed by atoms with Crippen molar-refractivity contribution in [1.82, 2.24) is 9.72 Å². The summed E-state index contributed by atoms with van der Waals surface area (Å²) in [6, 6.07) is 7.75. The number of carbonyl (C=O) groups is 2. The number of hydrogen-bond acceptors (Lipinski definition) is 6. The van der Waals surface area contributed by atoms with Crippen LogP contribution in [0.2, 0.25) is 0 Å². The fourth-order valence-electron chi connectivity index (χ4n) is 2.97. The van der Waals surface area contributed by atoms with Gasteiger partial charge < -0.3 is 19.6 Å². The lowest BCUT2D eigenvalue weighted by Gasteiger charge is -2.10. The summed E-state index contributed by atoms with van der Waals surface area (Å²) in [7, 11) is 0. The van der Waals surface area contributed by atoms with Gasteiger partial charge >= 0.3 is 5.97 Å². The van der Waals surface area contributed by atoms with Crippen molar-refractivity contribution in [2.24, 2.45) is 0 Å². The Morgan fingerprint density at radius 1 is 1.26 bits per heavy atom. The quantitative estimate of drug-likeness (QED) is 0.546. The maximum absolute atomic E-state index is 13.5. The van der Waals surface area contributed by atoms with E-state index in [-0.39, 0.29) is 28.7 Å². The molecule has 2 aromatic heterocycles. The highest BCUT2D eigenvalue weighted by Gasteiger charge is 2.23. The predicted molar refractivity (Wildman–Crippen MR) is 95.5 cm³/mol. The van der Waals surface area contributed by atoms with Gasteiger partial charge in [-0.1, -0.05) is 11.2 Å². The number of ether oxygens (including phenoxy) is 1. The van der Waals surface area contributed by atoms with E-state index in [0.29, 0.717) is 16.9 Å². The van der Waals surface area contributed by atoms with Crippen LogP contribution in [0.25, 0.3) is 5.69 Å². The Hall–Kier alpha value is -3.42. The number of nitrogen functional groups attached to an aromatic ring is 1. The average molecular weight is 371 g/mol. The second-order valence-electron chi connectivity index (χ2n) is 6.11. The van der Waals surface area contributed by atoms with E-state index < -0.39 is 12.6 Å². The Morgan fingerprint density at radius 3 is 2.63 bits per heavy atom. The molecule has 0 aliphatic carbocycles. The number of rotatable bonds is 5. The summed E-state index contributed by atoms with van der Waals surface area (Å²) in [4.78, 5) is 24.6. The number of nitrogens with two attached hydrogens (primary N) is 1. The van der Waals surface area contributed by atoms with Gasteiger partial charge in [0.1, 0.15) is 11.4 Å². The molecule has 3 rings (SSSR count). The van der Waals surface area contributed by atoms with Crippen molar-refractivity contribution in [3.05, 3.63) is 64.4 Å². The van der Waals surface area contributed by atoms with Gasteiger partial charge in [-0.25, -0.2) is 9.18 Å².